The average Bonchev–Trinajstić information content (AvgIpc) is 2.78. The van der Waals surface area contributed by atoms with Gasteiger partial charge in [-0.05, 0) is 37.5 Å². The molecule has 1 aliphatic heterocycles. The van der Waals surface area contributed by atoms with E-state index in [2.05, 4.69) is 15.2 Å². The number of nitrogens with one attached hydrogen (secondary N) is 1. The summed E-state index contributed by atoms with van der Waals surface area (Å²) in [6.07, 6.45) is 1.79. The number of aromatic nitrogens is 2. The maximum Gasteiger partial charge on any atom is 0.257 e. The lowest BCUT2D eigenvalue weighted by atomic mass is 9.96. The van der Waals surface area contributed by atoms with Crippen molar-refractivity contribution in [3.8, 4) is 5.88 Å². The lowest BCUT2D eigenvalue weighted by Crippen LogP contribution is -2.44. The zero-order valence-electron chi connectivity index (χ0n) is 16.8. The van der Waals surface area contributed by atoms with E-state index >= 15 is 0 Å². The predicted octanol–water partition coefficient (Wildman–Crippen LogP) is 3.73. The third-order valence-corrected chi connectivity index (χ3v) is 5.46. The van der Waals surface area contributed by atoms with Gasteiger partial charge in [0.15, 0.2) is 5.82 Å². The highest BCUT2D eigenvalue weighted by Crippen LogP contribution is 2.30. The van der Waals surface area contributed by atoms with E-state index < -0.39 is 0 Å². The van der Waals surface area contributed by atoms with Crippen molar-refractivity contribution in [2.24, 2.45) is 5.92 Å². The largest absolute Gasteiger partial charge is 0.478 e. The molecule has 2 aromatic carbocycles. The van der Waals surface area contributed by atoms with Gasteiger partial charge in [-0.25, -0.2) is 9.97 Å². The standard InChI is InChI=1S/C23H26N4O2/c1-16(17-9-4-3-5-10-17)24-22(28)18-11-8-14-27(15-18)21-23(29-2)26-20-13-7-6-12-19(20)25-21/h3-7,9-10,12-13,16,18H,8,11,14-15H2,1-2H3,(H,24,28)/t16-,18+/m1/s1. The van der Waals surface area contributed by atoms with Gasteiger partial charge >= 0.3 is 0 Å². The van der Waals surface area contributed by atoms with E-state index in [0.717, 1.165) is 36.0 Å². The average molecular weight is 390 g/mol. The minimum atomic E-state index is -0.0899. The van der Waals surface area contributed by atoms with Gasteiger partial charge in [0.05, 0.1) is 30.1 Å². The maximum absolute atomic E-state index is 12.9. The predicted molar refractivity (Wildman–Crippen MR) is 114 cm³/mol. The van der Waals surface area contributed by atoms with Crippen LogP contribution in [0.2, 0.25) is 0 Å². The molecule has 2 atom stereocenters. The number of hydrogen-bond acceptors (Lipinski definition) is 5. The summed E-state index contributed by atoms with van der Waals surface area (Å²) in [5, 5.41) is 3.16. The van der Waals surface area contributed by atoms with Gasteiger partial charge in [0, 0.05) is 13.1 Å². The van der Waals surface area contributed by atoms with Crippen LogP contribution in [-0.2, 0) is 4.79 Å². The molecule has 1 aliphatic rings. The Morgan fingerprint density at radius 2 is 1.79 bits per heavy atom. The van der Waals surface area contributed by atoms with Crippen molar-refractivity contribution in [2.75, 3.05) is 25.1 Å². The number of carbonyl (C=O) groups is 1. The number of fused-ring (bicyclic) bond motifs is 1. The van der Waals surface area contributed by atoms with Crippen LogP contribution in [0.3, 0.4) is 0 Å². The molecule has 3 aromatic rings. The smallest absolute Gasteiger partial charge is 0.257 e. The lowest BCUT2D eigenvalue weighted by molar-refractivity contribution is -0.125. The van der Waals surface area contributed by atoms with Crippen LogP contribution in [0.15, 0.2) is 54.6 Å². The van der Waals surface area contributed by atoms with Gasteiger partial charge in [0.25, 0.3) is 5.88 Å². The van der Waals surface area contributed by atoms with Crippen molar-refractivity contribution in [3.05, 3.63) is 60.2 Å². The maximum atomic E-state index is 12.9. The fourth-order valence-corrected chi connectivity index (χ4v) is 3.86. The fourth-order valence-electron chi connectivity index (χ4n) is 3.86. The Morgan fingerprint density at radius 3 is 2.52 bits per heavy atom. The van der Waals surface area contributed by atoms with E-state index in [9.17, 15) is 4.79 Å². The summed E-state index contributed by atoms with van der Waals surface area (Å²) in [6.45, 7) is 3.46. The van der Waals surface area contributed by atoms with Gasteiger partial charge in [-0.1, -0.05) is 42.5 Å². The molecular weight excluding hydrogens is 364 g/mol. The highest BCUT2D eigenvalue weighted by atomic mass is 16.5. The minimum absolute atomic E-state index is 0.0194. The number of hydrogen-bond donors (Lipinski definition) is 1. The minimum Gasteiger partial charge on any atom is -0.478 e. The van der Waals surface area contributed by atoms with Gasteiger partial charge in [0.1, 0.15) is 0 Å². The van der Waals surface area contributed by atoms with Crippen LogP contribution in [0.1, 0.15) is 31.4 Å². The Kier molecular flexibility index (Phi) is 5.60. The van der Waals surface area contributed by atoms with Gasteiger partial charge in [-0.3, -0.25) is 4.79 Å². The number of nitrogens with zero attached hydrogens (tertiary/aromatic N) is 3. The number of rotatable bonds is 5. The molecule has 29 heavy (non-hydrogen) atoms. The number of amides is 1. The summed E-state index contributed by atoms with van der Waals surface area (Å²) in [7, 11) is 1.61. The van der Waals surface area contributed by atoms with E-state index in [1.54, 1.807) is 7.11 Å². The molecule has 0 aliphatic carbocycles. The molecule has 2 heterocycles. The van der Waals surface area contributed by atoms with Crippen LogP contribution in [0.4, 0.5) is 5.82 Å². The number of carbonyl (C=O) groups excluding carboxylic acids is 1. The lowest BCUT2D eigenvalue weighted by Gasteiger charge is -2.33. The second kappa shape index (κ2) is 8.47. The number of para-hydroxylation sites is 2. The Bertz CT molecular complexity index is 993. The van der Waals surface area contributed by atoms with Crippen LogP contribution in [0, 0.1) is 5.92 Å². The van der Waals surface area contributed by atoms with E-state index in [1.807, 2.05) is 61.5 Å². The first-order valence-electron chi connectivity index (χ1n) is 10.1. The first-order chi connectivity index (χ1) is 14.2. The number of methoxy groups -OCH3 is 1. The third-order valence-electron chi connectivity index (χ3n) is 5.46. The molecular formula is C23H26N4O2. The quantitative estimate of drug-likeness (QED) is 0.719. The second-order valence-electron chi connectivity index (χ2n) is 7.47. The molecule has 4 rings (SSSR count). The Labute approximate surface area is 170 Å². The van der Waals surface area contributed by atoms with Gasteiger partial charge in [-0.15, -0.1) is 0 Å². The molecule has 0 unspecified atom stereocenters. The highest BCUT2D eigenvalue weighted by molar-refractivity contribution is 5.81. The van der Waals surface area contributed by atoms with E-state index in [4.69, 9.17) is 9.72 Å². The van der Waals surface area contributed by atoms with Gasteiger partial charge in [0.2, 0.25) is 5.91 Å². The monoisotopic (exact) mass is 390 g/mol. The Hall–Kier alpha value is -3.15. The van der Waals surface area contributed by atoms with Crippen LogP contribution in [0.25, 0.3) is 11.0 Å². The molecule has 0 radical (unpaired) electrons. The molecule has 0 bridgehead atoms. The molecule has 1 N–H and O–H groups in total. The first-order valence-corrected chi connectivity index (χ1v) is 10.1. The van der Waals surface area contributed by atoms with Crippen LogP contribution < -0.4 is 15.0 Å². The summed E-state index contributed by atoms with van der Waals surface area (Å²) in [4.78, 5) is 24.4. The summed E-state index contributed by atoms with van der Waals surface area (Å²) >= 11 is 0. The van der Waals surface area contributed by atoms with Crippen molar-refractivity contribution in [1.82, 2.24) is 15.3 Å². The van der Waals surface area contributed by atoms with Gasteiger partial charge in [-0.2, -0.15) is 0 Å². The fraction of sp³-hybridized carbons (Fsp3) is 0.348. The van der Waals surface area contributed by atoms with Crippen molar-refractivity contribution in [2.45, 2.75) is 25.8 Å². The van der Waals surface area contributed by atoms with Crippen LogP contribution >= 0.6 is 0 Å². The molecule has 0 spiro atoms. The number of benzene rings is 2. The summed E-state index contributed by atoms with van der Waals surface area (Å²) in [5.41, 5.74) is 2.74. The van der Waals surface area contributed by atoms with Gasteiger partial charge < -0.3 is 15.0 Å². The molecule has 150 valence electrons. The first kappa shape index (κ1) is 19.2. The number of ether oxygens (including phenoxy) is 1. The molecule has 6 nitrogen and oxygen atoms in total. The van der Waals surface area contributed by atoms with E-state index in [0.29, 0.717) is 18.2 Å². The zero-order valence-corrected chi connectivity index (χ0v) is 16.8. The van der Waals surface area contributed by atoms with Crippen molar-refractivity contribution in [1.29, 1.82) is 0 Å². The van der Waals surface area contributed by atoms with Crippen LogP contribution in [0.5, 0.6) is 5.88 Å². The van der Waals surface area contributed by atoms with Crippen molar-refractivity contribution >= 4 is 22.8 Å². The summed E-state index contributed by atoms with van der Waals surface area (Å²) in [6, 6.07) is 17.8. The SMILES string of the molecule is COc1nc2ccccc2nc1N1CCC[C@H](C(=O)N[C@H](C)c2ccccc2)C1. The highest BCUT2D eigenvalue weighted by Gasteiger charge is 2.29. The molecule has 1 amide bonds. The molecule has 6 heteroatoms. The summed E-state index contributed by atoms with van der Waals surface area (Å²) in [5.74, 6) is 1.20. The molecule has 1 saturated heterocycles. The van der Waals surface area contributed by atoms with Crippen molar-refractivity contribution < 1.29 is 9.53 Å². The van der Waals surface area contributed by atoms with E-state index in [1.165, 1.54) is 0 Å². The topological polar surface area (TPSA) is 67.4 Å². The Morgan fingerprint density at radius 1 is 1.10 bits per heavy atom. The third kappa shape index (κ3) is 4.16. The Balaban J connectivity index is 1.51. The molecule has 0 saturated carbocycles. The molecule has 1 fully saturated rings. The normalized spacial score (nSPS) is 17.7. The summed E-state index contributed by atoms with van der Waals surface area (Å²) < 4.78 is 5.51. The van der Waals surface area contributed by atoms with Crippen molar-refractivity contribution in [3.63, 3.8) is 0 Å². The zero-order chi connectivity index (χ0) is 20.2. The van der Waals surface area contributed by atoms with E-state index in [-0.39, 0.29) is 17.9 Å². The number of piperidine rings is 1. The molecule has 1 aromatic heterocycles. The number of anilines is 1. The van der Waals surface area contributed by atoms with Crippen LogP contribution in [-0.4, -0.2) is 36.1 Å². The second-order valence-corrected chi connectivity index (χ2v) is 7.47.